The number of carbonyl (C=O) groups excluding carboxylic acids is 1. The summed E-state index contributed by atoms with van der Waals surface area (Å²) in [7, 11) is 0. The van der Waals surface area contributed by atoms with E-state index in [2.05, 4.69) is 10.2 Å². The van der Waals surface area contributed by atoms with E-state index in [1.54, 1.807) is 18.2 Å². The van der Waals surface area contributed by atoms with Crippen molar-refractivity contribution in [2.75, 3.05) is 19.6 Å². The second-order valence-corrected chi connectivity index (χ2v) is 7.87. The molecular weight excluding hydrogens is 466 g/mol. The molecule has 8 nitrogen and oxygen atoms in total. The van der Waals surface area contributed by atoms with E-state index in [-0.39, 0.29) is 44.3 Å². The van der Waals surface area contributed by atoms with Crippen molar-refractivity contribution in [3.05, 3.63) is 70.2 Å². The van der Waals surface area contributed by atoms with Gasteiger partial charge in [-0.3, -0.25) is 14.2 Å². The van der Waals surface area contributed by atoms with Gasteiger partial charge in [0, 0.05) is 6.54 Å². The molecule has 1 saturated heterocycles. The number of carboxylic acids is 1. The molecule has 3 aromatic rings. The highest BCUT2D eigenvalue weighted by Crippen LogP contribution is 2.19. The molecule has 10 heteroatoms. The molecule has 2 N–H and O–H groups in total. The molecule has 1 amide bonds. The predicted octanol–water partition coefficient (Wildman–Crippen LogP) is 2.71. The molecule has 1 aliphatic heterocycles. The number of carbonyl (C=O) groups is 2. The maximum Gasteiger partial charge on any atom is 0.420 e. The normalized spacial score (nSPS) is 14.3. The maximum atomic E-state index is 12.9. The number of rotatable bonds is 8. The second-order valence-electron chi connectivity index (χ2n) is 7.87. The Bertz CT molecular complexity index is 1140. The summed E-state index contributed by atoms with van der Waals surface area (Å²) in [5, 5.41) is 12.2. The van der Waals surface area contributed by atoms with Gasteiger partial charge in [0.1, 0.15) is 6.54 Å². The quantitative estimate of drug-likeness (QED) is 0.500. The van der Waals surface area contributed by atoms with Crippen LogP contribution in [0.2, 0.25) is 0 Å². The third-order valence-corrected chi connectivity index (χ3v) is 5.57. The van der Waals surface area contributed by atoms with E-state index in [1.165, 1.54) is 12.8 Å². The fourth-order valence-electron chi connectivity index (χ4n) is 4.08. The summed E-state index contributed by atoms with van der Waals surface area (Å²) in [6, 6.07) is 14.8. The van der Waals surface area contributed by atoms with E-state index in [9.17, 15) is 14.4 Å². The van der Waals surface area contributed by atoms with Gasteiger partial charge >= 0.3 is 11.7 Å². The Morgan fingerprint density at radius 2 is 1.79 bits per heavy atom. The number of fused-ring (bicyclic) bond motifs is 1. The zero-order valence-corrected chi connectivity index (χ0v) is 19.8. The molecular formula is C23H28ClN3O5S. The topological polar surface area (TPSA) is 105 Å². The number of benzene rings is 2. The van der Waals surface area contributed by atoms with Crippen molar-refractivity contribution < 1.29 is 19.1 Å². The lowest BCUT2D eigenvalue weighted by atomic mass is 10.1. The molecule has 33 heavy (non-hydrogen) atoms. The number of aromatic nitrogens is 1. The number of carboxylic acid groups (broad SMARTS) is 1. The van der Waals surface area contributed by atoms with Gasteiger partial charge in [-0.2, -0.15) is 13.5 Å². The molecule has 0 aliphatic carbocycles. The van der Waals surface area contributed by atoms with Crippen molar-refractivity contribution in [1.29, 1.82) is 0 Å². The van der Waals surface area contributed by atoms with Gasteiger partial charge in [-0.15, -0.1) is 12.4 Å². The lowest BCUT2D eigenvalue weighted by molar-refractivity contribution is -0.137. The third-order valence-electron chi connectivity index (χ3n) is 5.57. The van der Waals surface area contributed by atoms with E-state index in [1.807, 2.05) is 30.3 Å². The molecule has 1 aliphatic rings. The summed E-state index contributed by atoms with van der Waals surface area (Å²) in [6.07, 6.45) is 2.47. The van der Waals surface area contributed by atoms with Gasteiger partial charge in [-0.1, -0.05) is 36.4 Å². The number of amides is 1. The molecule has 0 radical (unpaired) electrons. The average Bonchev–Trinajstić information content (AvgIpc) is 3.36. The SMILES string of the molecule is Cl.O=C(O)Cn1c(=O)oc2ccc(CC(=O)N[C@H](CN3CCCC3)c3ccccc3)cc21.S. The summed E-state index contributed by atoms with van der Waals surface area (Å²) >= 11 is 0. The lowest BCUT2D eigenvalue weighted by Crippen LogP contribution is -2.37. The van der Waals surface area contributed by atoms with Gasteiger partial charge in [0.05, 0.1) is 18.0 Å². The van der Waals surface area contributed by atoms with Crippen LogP contribution >= 0.6 is 25.9 Å². The Balaban J connectivity index is 0.00000193. The Morgan fingerprint density at radius 1 is 1.09 bits per heavy atom. The van der Waals surface area contributed by atoms with Crippen LogP contribution in [0, 0.1) is 0 Å². The zero-order valence-electron chi connectivity index (χ0n) is 18.0. The monoisotopic (exact) mass is 493 g/mol. The maximum absolute atomic E-state index is 12.9. The number of halogens is 1. The van der Waals surface area contributed by atoms with E-state index >= 15 is 0 Å². The van der Waals surface area contributed by atoms with Gasteiger partial charge in [0.15, 0.2) is 5.58 Å². The number of hydrogen-bond acceptors (Lipinski definition) is 5. The molecule has 1 atom stereocenters. The molecule has 0 unspecified atom stereocenters. The van der Waals surface area contributed by atoms with E-state index < -0.39 is 18.3 Å². The number of likely N-dealkylation sites (tertiary alicyclic amines) is 1. The van der Waals surface area contributed by atoms with Gasteiger partial charge in [-0.25, -0.2) is 4.79 Å². The Hall–Kier alpha value is -2.75. The van der Waals surface area contributed by atoms with Crippen LogP contribution < -0.4 is 11.1 Å². The molecule has 1 fully saturated rings. The molecule has 0 spiro atoms. The fraction of sp³-hybridized carbons (Fsp3) is 0.348. The van der Waals surface area contributed by atoms with Crippen LogP contribution in [-0.2, 0) is 22.6 Å². The number of hydrogen-bond donors (Lipinski definition) is 2. The van der Waals surface area contributed by atoms with Crippen LogP contribution in [-0.4, -0.2) is 46.1 Å². The zero-order chi connectivity index (χ0) is 21.8. The van der Waals surface area contributed by atoms with Crippen LogP contribution in [0.4, 0.5) is 0 Å². The summed E-state index contributed by atoms with van der Waals surface area (Å²) in [5.41, 5.74) is 2.40. The first-order valence-corrected chi connectivity index (χ1v) is 10.4. The van der Waals surface area contributed by atoms with Crippen molar-refractivity contribution in [3.8, 4) is 0 Å². The first kappa shape index (κ1) is 26.5. The van der Waals surface area contributed by atoms with Gasteiger partial charge < -0.3 is 19.7 Å². The van der Waals surface area contributed by atoms with E-state index in [0.717, 1.165) is 29.8 Å². The number of oxazole rings is 1. The highest BCUT2D eigenvalue weighted by molar-refractivity contribution is 7.59. The molecule has 0 bridgehead atoms. The summed E-state index contributed by atoms with van der Waals surface area (Å²) in [4.78, 5) is 38.2. The highest BCUT2D eigenvalue weighted by atomic mass is 35.5. The molecule has 2 heterocycles. The second kappa shape index (κ2) is 11.9. The van der Waals surface area contributed by atoms with Crippen molar-refractivity contribution in [3.63, 3.8) is 0 Å². The standard InChI is InChI=1S/C23H25N3O5.ClH.H2S/c27-21(24-18(14-25-10-4-5-11-25)17-6-2-1-3-7-17)13-16-8-9-20-19(12-16)26(15-22(28)29)23(30)31-20;;/h1-3,6-9,12,18H,4-5,10-11,13-15H2,(H,24,27)(H,28,29);1H;1H2/t18-;;/m1../s1. The summed E-state index contributed by atoms with van der Waals surface area (Å²) in [6.45, 7) is 2.34. The Morgan fingerprint density at radius 3 is 2.45 bits per heavy atom. The minimum absolute atomic E-state index is 0. The number of aliphatic carboxylic acids is 1. The first-order valence-electron chi connectivity index (χ1n) is 10.4. The van der Waals surface area contributed by atoms with Crippen LogP contribution in [0.25, 0.3) is 11.1 Å². The molecule has 0 saturated carbocycles. The number of nitrogens with one attached hydrogen (secondary N) is 1. The molecule has 178 valence electrons. The van der Waals surface area contributed by atoms with E-state index in [0.29, 0.717) is 16.7 Å². The smallest absolute Gasteiger partial charge is 0.420 e. The average molecular weight is 494 g/mol. The van der Waals surface area contributed by atoms with Gasteiger partial charge in [-0.05, 0) is 49.2 Å². The van der Waals surface area contributed by atoms with Gasteiger partial charge in [0.25, 0.3) is 0 Å². The number of nitrogens with zero attached hydrogens (tertiary/aromatic N) is 2. The fourth-order valence-corrected chi connectivity index (χ4v) is 4.08. The highest BCUT2D eigenvalue weighted by Gasteiger charge is 2.21. The van der Waals surface area contributed by atoms with Crippen molar-refractivity contribution in [2.45, 2.75) is 31.8 Å². The minimum atomic E-state index is -1.14. The van der Waals surface area contributed by atoms with Crippen molar-refractivity contribution >= 4 is 48.9 Å². The van der Waals surface area contributed by atoms with Crippen LogP contribution in [0.15, 0.2) is 57.7 Å². The lowest BCUT2D eigenvalue weighted by Gasteiger charge is -2.25. The summed E-state index contributed by atoms with van der Waals surface area (Å²) in [5.74, 6) is -2.00. The van der Waals surface area contributed by atoms with Gasteiger partial charge in [0.2, 0.25) is 5.91 Å². The molecule has 4 rings (SSSR count). The molecule has 2 aromatic carbocycles. The van der Waals surface area contributed by atoms with Crippen LogP contribution in [0.1, 0.15) is 30.0 Å². The van der Waals surface area contributed by atoms with Crippen LogP contribution in [0.5, 0.6) is 0 Å². The summed E-state index contributed by atoms with van der Waals surface area (Å²) < 4.78 is 6.15. The molecule has 1 aromatic heterocycles. The Labute approximate surface area is 204 Å². The minimum Gasteiger partial charge on any atom is -0.480 e. The largest absolute Gasteiger partial charge is 0.480 e. The predicted molar refractivity (Wildman–Crippen MR) is 132 cm³/mol. The van der Waals surface area contributed by atoms with Crippen LogP contribution in [0.3, 0.4) is 0 Å². The Kier molecular flexibility index (Phi) is 9.57. The van der Waals surface area contributed by atoms with Crippen molar-refractivity contribution in [2.24, 2.45) is 0 Å². The third kappa shape index (κ3) is 6.63. The van der Waals surface area contributed by atoms with Crippen molar-refractivity contribution in [1.82, 2.24) is 14.8 Å². The first-order chi connectivity index (χ1) is 15.0. The van der Waals surface area contributed by atoms with E-state index in [4.69, 9.17) is 9.52 Å².